The molecule has 0 atom stereocenters. The second-order valence-electron chi connectivity index (χ2n) is 3.25. The second kappa shape index (κ2) is 4.01. The Labute approximate surface area is 87.1 Å². The Morgan fingerprint density at radius 1 is 1.29 bits per heavy atom. The maximum atomic E-state index is 12.9. The molecule has 0 amide bonds. The van der Waals surface area contributed by atoms with Gasteiger partial charge in [0.05, 0.1) is 0 Å². The maximum absolute atomic E-state index is 12.9. The van der Waals surface area contributed by atoms with Gasteiger partial charge in [0.1, 0.15) is 5.82 Å². The Morgan fingerprint density at radius 3 is 2.93 bits per heavy atom. The van der Waals surface area contributed by atoms with Crippen molar-refractivity contribution in [2.45, 2.75) is 13.0 Å². The Balaban J connectivity index is 2.37. The van der Waals surface area contributed by atoms with Crippen LogP contribution in [0.3, 0.4) is 0 Å². The van der Waals surface area contributed by atoms with Gasteiger partial charge in [-0.05, 0) is 30.7 Å². The molecule has 2 rings (SSSR count). The van der Waals surface area contributed by atoms with E-state index in [4.69, 9.17) is 11.6 Å². The van der Waals surface area contributed by atoms with Crippen molar-refractivity contribution in [3.63, 3.8) is 0 Å². The lowest BCUT2D eigenvalue weighted by Crippen LogP contribution is -1.96. The van der Waals surface area contributed by atoms with Crippen LogP contribution in [0, 0.1) is 5.82 Å². The van der Waals surface area contributed by atoms with Crippen molar-refractivity contribution in [1.29, 1.82) is 0 Å². The van der Waals surface area contributed by atoms with Crippen molar-refractivity contribution >= 4 is 22.5 Å². The van der Waals surface area contributed by atoms with Gasteiger partial charge in [-0.15, -0.1) is 11.6 Å². The maximum Gasteiger partial charge on any atom is 0.123 e. The molecule has 3 heteroatoms. The lowest BCUT2D eigenvalue weighted by molar-refractivity contribution is 0.629. The minimum atomic E-state index is -0.187. The van der Waals surface area contributed by atoms with Crippen LogP contribution in [0.15, 0.2) is 30.5 Å². The van der Waals surface area contributed by atoms with E-state index in [0.29, 0.717) is 5.88 Å². The summed E-state index contributed by atoms with van der Waals surface area (Å²) in [5.74, 6) is 0.466. The summed E-state index contributed by atoms with van der Waals surface area (Å²) >= 11 is 5.62. The molecule has 0 radical (unpaired) electrons. The fourth-order valence-electron chi connectivity index (χ4n) is 1.60. The van der Waals surface area contributed by atoms with Crippen LogP contribution >= 0.6 is 11.6 Å². The van der Waals surface area contributed by atoms with Crippen molar-refractivity contribution in [3.05, 3.63) is 36.3 Å². The summed E-state index contributed by atoms with van der Waals surface area (Å²) in [4.78, 5) is 0. The molecular weight excluding hydrogens is 201 g/mol. The second-order valence-corrected chi connectivity index (χ2v) is 3.63. The molecule has 1 heterocycles. The number of benzene rings is 1. The third kappa shape index (κ3) is 1.75. The highest BCUT2D eigenvalue weighted by Gasteiger charge is 2.01. The lowest BCUT2D eigenvalue weighted by Gasteiger charge is -2.02. The zero-order valence-corrected chi connectivity index (χ0v) is 8.47. The Hall–Kier alpha value is -1.02. The minimum Gasteiger partial charge on any atom is -0.347 e. The molecule has 0 aliphatic rings. The van der Waals surface area contributed by atoms with Gasteiger partial charge in [-0.2, -0.15) is 0 Å². The van der Waals surface area contributed by atoms with Crippen LogP contribution in [-0.2, 0) is 6.54 Å². The predicted molar refractivity (Wildman–Crippen MR) is 57.2 cm³/mol. The summed E-state index contributed by atoms with van der Waals surface area (Å²) < 4.78 is 15.0. The normalized spacial score (nSPS) is 11.0. The minimum absolute atomic E-state index is 0.187. The van der Waals surface area contributed by atoms with Crippen molar-refractivity contribution < 1.29 is 4.39 Å². The van der Waals surface area contributed by atoms with E-state index in [1.807, 2.05) is 12.3 Å². The van der Waals surface area contributed by atoms with Crippen LogP contribution in [0.5, 0.6) is 0 Å². The van der Waals surface area contributed by atoms with E-state index < -0.39 is 0 Å². The molecular formula is C11H11ClFN. The molecule has 74 valence electrons. The van der Waals surface area contributed by atoms with Crippen LogP contribution in [-0.4, -0.2) is 10.4 Å². The predicted octanol–water partition coefficient (Wildman–Crippen LogP) is 3.41. The number of alkyl halides is 1. The van der Waals surface area contributed by atoms with Crippen LogP contribution < -0.4 is 0 Å². The van der Waals surface area contributed by atoms with E-state index in [1.165, 1.54) is 6.07 Å². The van der Waals surface area contributed by atoms with Crippen LogP contribution in [0.25, 0.3) is 10.9 Å². The highest BCUT2D eigenvalue weighted by Crippen LogP contribution is 2.17. The molecule has 0 unspecified atom stereocenters. The molecule has 2 aromatic rings. The molecule has 0 aliphatic carbocycles. The molecule has 14 heavy (non-hydrogen) atoms. The number of halogens is 2. The largest absolute Gasteiger partial charge is 0.347 e. The number of aryl methyl sites for hydroxylation is 1. The molecule has 0 spiro atoms. The topological polar surface area (TPSA) is 4.93 Å². The van der Waals surface area contributed by atoms with E-state index in [0.717, 1.165) is 23.9 Å². The number of rotatable bonds is 3. The molecule has 1 aromatic heterocycles. The SMILES string of the molecule is Fc1ccc2c(ccn2CCCCl)c1. The van der Waals surface area contributed by atoms with E-state index in [-0.39, 0.29) is 5.82 Å². The summed E-state index contributed by atoms with van der Waals surface area (Å²) in [5.41, 5.74) is 1.07. The van der Waals surface area contributed by atoms with E-state index in [9.17, 15) is 4.39 Å². The van der Waals surface area contributed by atoms with Gasteiger partial charge < -0.3 is 4.57 Å². The Bertz CT molecular complexity index is 436. The van der Waals surface area contributed by atoms with Crippen LogP contribution in [0.1, 0.15) is 6.42 Å². The fraction of sp³-hybridized carbons (Fsp3) is 0.273. The highest BCUT2D eigenvalue weighted by molar-refractivity contribution is 6.17. The molecule has 0 saturated carbocycles. The van der Waals surface area contributed by atoms with E-state index in [1.54, 1.807) is 12.1 Å². The van der Waals surface area contributed by atoms with Gasteiger partial charge >= 0.3 is 0 Å². The van der Waals surface area contributed by atoms with Gasteiger partial charge in [-0.3, -0.25) is 0 Å². The third-order valence-corrected chi connectivity index (χ3v) is 2.53. The molecule has 0 aliphatic heterocycles. The van der Waals surface area contributed by atoms with Crippen molar-refractivity contribution in [1.82, 2.24) is 4.57 Å². The number of fused-ring (bicyclic) bond motifs is 1. The van der Waals surface area contributed by atoms with E-state index >= 15 is 0 Å². The van der Waals surface area contributed by atoms with Crippen molar-refractivity contribution in [3.8, 4) is 0 Å². The fourth-order valence-corrected chi connectivity index (χ4v) is 1.72. The quantitative estimate of drug-likeness (QED) is 0.686. The molecule has 0 saturated heterocycles. The van der Waals surface area contributed by atoms with Gasteiger partial charge in [0, 0.05) is 29.5 Å². The summed E-state index contributed by atoms with van der Waals surface area (Å²) in [6.07, 6.45) is 2.90. The first kappa shape index (κ1) is 9.53. The van der Waals surface area contributed by atoms with Gasteiger partial charge in [0.25, 0.3) is 0 Å². The van der Waals surface area contributed by atoms with Crippen molar-refractivity contribution in [2.75, 3.05) is 5.88 Å². The lowest BCUT2D eigenvalue weighted by atomic mass is 10.2. The van der Waals surface area contributed by atoms with Gasteiger partial charge in [0.15, 0.2) is 0 Å². The van der Waals surface area contributed by atoms with Gasteiger partial charge in [-0.25, -0.2) is 4.39 Å². The van der Waals surface area contributed by atoms with Crippen molar-refractivity contribution in [2.24, 2.45) is 0 Å². The number of aromatic nitrogens is 1. The first-order valence-electron chi connectivity index (χ1n) is 4.61. The monoisotopic (exact) mass is 211 g/mol. The summed E-state index contributed by atoms with van der Waals surface area (Å²) in [5, 5.41) is 0.944. The van der Waals surface area contributed by atoms with Crippen LogP contribution in [0.4, 0.5) is 4.39 Å². The summed E-state index contributed by atoms with van der Waals surface area (Å²) in [6, 6.07) is 6.76. The molecule has 0 N–H and O–H groups in total. The number of hydrogen-bond donors (Lipinski definition) is 0. The molecule has 1 aromatic carbocycles. The first-order chi connectivity index (χ1) is 6.81. The summed E-state index contributed by atoms with van der Waals surface area (Å²) in [7, 11) is 0. The highest BCUT2D eigenvalue weighted by atomic mass is 35.5. The molecule has 0 fully saturated rings. The Morgan fingerprint density at radius 2 is 2.14 bits per heavy atom. The standard InChI is InChI=1S/C11H11ClFN/c12-5-1-6-14-7-4-9-8-10(13)2-3-11(9)14/h2-4,7-8H,1,5-6H2. The average molecular weight is 212 g/mol. The van der Waals surface area contributed by atoms with Gasteiger partial charge in [-0.1, -0.05) is 0 Å². The Kier molecular flexibility index (Phi) is 2.73. The van der Waals surface area contributed by atoms with Gasteiger partial charge in [0.2, 0.25) is 0 Å². The zero-order valence-electron chi connectivity index (χ0n) is 7.71. The molecule has 1 nitrogen and oxygen atoms in total. The number of nitrogens with zero attached hydrogens (tertiary/aromatic N) is 1. The third-order valence-electron chi connectivity index (χ3n) is 2.27. The first-order valence-corrected chi connectivity index (χ1v) is 5.15. The average Bonchev–Trinajstić information content (AvgIpc) is 2.57. The number of hydrogen-bond acceptors (Lipinski definition) is 0. The van der Waals surface area contributed by atoms with Crippen LogP contribution in [0.2, 0.25) is 0 Å². The zero-order chi connectivity index (χ0) is 9.97. The summed E-state index contributed by atoms with van der Waals surface area (Å²) in [6.45, 7) is 0.888. The smallest absolute Gasteiger partial charge is 0.123 e. The van der Waals surface area contributed by atoms with E-state index in [2.05, 4.69) is 4.57 Å². The molecule has 0 bridgehead atoms.